The molecule has 0 saturated carbocycles. The Kier molecular flexibility index (Phi) is 5.85. The van der Waals surface area contributed by atoms with Gasteiger partial charge in [0.15, 0.2) is 12.9 Å². The minimum absolute atomic E-state index is 0.0644. The van der Waals surface area contributed by atoms with E-state index in [9.17, 15) is 9.59 Å². The first-order valence-electron chi connectivity index (χ1n) is 5.78. The van der Waals surface area contributed by atoms with E-state index in [2.05, 4.69) is 15.9 Å². The Balaban J connectivity index is 2.74. The molecule has 0 saturated heterocycles. The number of para-hydroxylation sites is 1. The molecule has 0 heterocycles. The van der Waals surface area contributed by atoms with E-state index in [0.29, 0.717) is 35.2 Å². The van der Waals surface area contributed by atoms with Crippen LogP contribution >= 0.6 is 15.9 Å². The number of halogens is 1. The molecular weight excluding hydrogens is 298 g/mol. The van der Waals surface area contributed by atoms with Gasteiger partial charge in [0, 0.05) is 13.1 Å². The molecule has 1 amide bonds. The third-order valence-corrected chi connectivity index (χ3v) is 3.20. The Hall–Kier alpha value is -1.36. The minimum atomic E-state index is -0.0902. The number of hydrogen-bond acceptors (Lipinski definition) is 3. The number of ether oxygens (including phenoxy) is 1. The molecule has 1 aromatic carbocycles. The number of nitrogens with zero attached hydrogens (tertiary/aromatic N) is 1. The van der Waals surface area contributed by atoms with Gasteiger partial charge >= 0.3 is 0 Å². The normalized spacial score (nSPS) is 9.94. The standard InChI is InChI=1S/C13H16BrNO3/c1-3-15(4-2)12(17)9-18-13-10(8-16)6-5-7-11(13)14/h5-8H,3-4,9H2,1-2H3. The third-order valence-electron chi connectivity index (χ3n) is 2.58. The third kappa shape index (κ3) is 3.57. The van der Waals surface area contributed by atoms with Crippen LogP contribution in [0.3, 0.4) is 0 Å². The van der Waals surface area contributed by atoms with Gasteiger partial charge in [-0.1, -0.05) is 6.07 Å². The van der Waals surface area contributed by atoms with Crippen molar-refractivity contribution in [2.24, 2.45) is 0 Å². The van der Waals surface area contributed by atoms with Crippen LogP contribution in [0.25, 0.3) is 0 Å². The van der Waals surface area contributed by atoms with E-state index in [1.807, 2.05) is 13.8 Å². The van der Waals surface area contributed by atoms with Gasteiger partial charge in [-0.25, -0.2) is 0 Å². The summed E-state index contributed by atoms with van der Waals surface area (Å²) in [6, 6.07) is 5.16. The highest BCUT2D eigenvalue weighted by Crippen LogP contribution is 2.27. The van der Waals surface area contributed by atoms with Crippen LogP contribution < -0.4 is 4.74 Å². The summed E-state index contributed by atoms with van der Waals surface area (Å²) in [5, 5.41) is 0. The number of benzene rings is 1. The van der Waals surface area contributed by atoms with Crippen molar-refractivity contribution < 1.29 is 14.3 Å². The van der Waals surface area contributed by atoms with Crippen LogP contribution in [0.5, 0.6) is 5.75 Å². The summed E-state index contributed by atoms with van der Waals surface area (Å²) in [7, 11) is 0. The van der Waals surface area contributed by atoms with E-state index in [0.717, 1.165) is 0 Å². The molecule has 1 aromatic rings. The first kappa shape index (κ1) is 14.7. The van der Waals surface area contributed by atoms with Gasteiger partial charge in [0.2, 0.25) is 0 Å². The molecule has 0 aliphatic carbocycles. The van der Waals surface area contributed by atoms with Crippen molar-refractivity contribution in [1.29, 1.82) is 0 Å². The minimum Gasteiger partial charge on any atom is -0.482 e. The Morgan fingerprint density at radius 2 is 2.06 bits per heavy atom. The molecule has 0 N–H and O–H groups in total. The topological polar surface area (TPSA) is 46.6 Å². The van der Waals surface area contributed by atoms with Gasteiger partial charge in [-0.15, -0.1) is 0 Å². The molecule has 0 aliphatic heterocycles. The largest absolute Gasteiger partial charge is 0.482 e. The molecule has 0 spiro atoms. The van der Waals surface area contributed by atoms with Crippen LogP contribution in [0.2, 0.25) is 0 Å². The second-order valence-electron chi connectivity index (χ2n) is 3.63. The summed E-state index contributed by atoms with van der Waals surface area (Å²) in [4.78, 5) is 24.3. The summed E-state index contributed by atoms with van der Waals surface area (Å²) in [6.45, 7) is 5.06. The summed E-state index contributed by atoms with van der Waals surface area (Å²) in [5.74, 6) is 0.320. The van der Waals surface area contributed by atoms with Gasteiger partial charge < -0.3 is 9.64 Å². The fourth-order valence-corrected chi connectivity index (χ4v) is 2.07. The number of hydrogen-bond donors (Lipinski definition) is 0. The van der Waals surface area contributed by atoms with Crippen molar-refractivity contribution in [2.75, 3.05) is 19.7 Å². The van der Waals surface area contributed by atoms with Crippen LogP contribution in [-0.4, -0.2) is 36.8 Å². The summed E-state index contributed by atoms with van der Waals surface area (Å²) >= 11 is 3.30. The lowest BCUT2D eigenvalue weighted by Crippen LogP contribution is -2.34. The fourth-order valence-electron chi connectivity index (χ4n) is 1.57. The molecule has 0 bridgehead atoms. The van der Waals surface area contributed by atoms with Crippen LogP contribution in [0.4, 0.5) is 0 Å². The summed E-state index contributed by atoms with van der Waals surface area (Å²) in [5.41, 5.74) is 0.428. The first-order valence-corrected chi connectivity index (χ1v) is 6.57. The highest BCUT2D eigenvalue weighted by molar-refractivity contribution is 9.10. The molecule has 0 fully saturated rings. The fraction of sp³-hybridized carbons (Fsp3) is 0.385. The predicted molar refractivity (Wildman–Crippen MR) is 73.0 cm³/mol. The summed E-state index contributed by atoms with van der Waals surface area (Å²) < 4.78 is 6.10. The average Bonchev–Trinajstić information content (AvgIpc) is 2.38. The van der Waals surface area contributed by atoms with E-state index >= 15 is 0 Å². The SMILES string of the molecule is CCN(CC)C(=O)COc1c(Br)cccc1C=O. The van der Waals surface area contributed by atoms with E-state index in [1.165, 1.54) is 0 Å². The Labute approximate surface area is 115 Å². The Bertz CT molecular complexity index is 430. The molecule has 5 heteroatoms. The molecule has 0 aliphatic rings. The van der Waals surface area contributed by atoms with Crippen molar-refractivity contribution in [2.45, 2.75) is 13.8 Å². The molecular formula is C13H16BrNO3. The molecule has 0 radical (unpaired) electrons. The average molecular weight is 314 g/mol. The lowest BCUT2D eigenvalue weighted by atomic mass is 10.2. The molecule has 0 atom stereocenters. The molecule has 1 rings (SSSR count). The Morgan fingerprint density at radius 1 is 1.39 bits per heavy atom. The van der Waals surface area contributed by atoms with Crippen molar-refractivity contribution in [3.8, 4) is 5.75 Å². The van der Waals surface area contributed by atoms with Gasteiger partial charge in [-0.3, -0.25) is 9.59 Å². The number of carbonyl (C=O) groups is 2. The van der Waals surface area contributed by atoms with Crippen LogP contribution in [-0.2, 0) is 4.79 Å². The molecule has 4 nitrogen and oxygen atoms in total. The highest BCUT2D eigenvalue weighted by Gasteiger charge is 2.13. The number of carbonyl (C=O) groups excluding carboxylic acids is 2. The molecule has 0 unspecified atom stereocenters. The van der Waals surface area contributed by atoms with Crippen molar-refractivity contribution in [1.82, 2.24) is 4.90 Å². The lowest BCUT2D eigenvalue weighted by molar-refractivity contribution is -0.132. The highest BCUT2D eigenvalue weighted by atomic mass is 79.9. The maximum atomic E-state index is 11.8. The Morgan fingerprint density at radius 3 is 2.61 bits per heavy atom. The number of rotatable bonds is 6. The monoisotopic (exact) mass is 313 g/mol. The zero-order chi connectivity index (χ0) is 13.5. The zero-order valence-electron chi connectivity index (χ0n) is 10.5. The van der Waals surface area contributed by atoms with Crippen molar-refractivity contribution in [3.05, 3.63) is 28.2 Å². The van der Waals surface area contributed by atoms with Crippen LogP contribution in [0.1, 0.15) is 24.2 Å². The van der Waals surface area contributed by atoms with Gasteiger partial charge in [0.1, 0.15) is 5.75 Å². The van der Waals surface area contributed by atoms with Crippen LogP contribution in [0.15, 0.2) is 22.7 Å². The second-order valence-corrected chi connectivity index (χ2v) is 4.49. The van der Waals surface area contributed by atoms with E-state index < -0.39 is 0 Å². The van der Waals surface area contributed by atoms with E-state index in [4.69, 9.17) is 4.74 Å². The maximum absolute atomic E-state index is 11.8. The number of likely N-dealkylation sites (N-methyl/N-ethyl adjacent to an activating group) is 1. The zero-order valence-corrected chi connectivity index (χ0v) is 12.1. The van der Waals surface area contributed by atoms with Crippen molar-refractivity contribution >= 4 is 28.1 Å². The van der Waals surface area contributed by atoms with Gasteiger partial charge in [-0.2, -0.15) is 0 Å². The summed E-state index contributed by atoms with van der Waals surface area (Å²) in [6.07, 6.45) is 0.710. The number of aldehydes is 1. The van der Waals surface area contributed by atoms with Gasteiger partial charge in [0.25, 0.3) is 5.91 Å². The first-order chi connectivity index (χ1) is 8.63. The van der Waals surface area contributed by atoms with Crippen molar-refractivity contribution in [3.63, 3.8) is 0 Å². The second kappa shape index (κ2) is 7.16. The number of amides is 1. The smallest absolute Gasteiger partial charge is 0.260 e. The van der Waals surface area contributed by atoms with Gasteiger partial charge in [0.05, 0.1) is 10.0 Å². The maximum Gasteiger partial charge on any atom is 0.260 e. The van der Waals surface area contributed by atoms with E-state index in [1.54, 1.807) is 23.1 Å². The molecule has 18 heavy (non-hydrogen) atoms. The van der Waals surface area contributed by atoms with Gasteiger partial charge in [-0.05, 0) is 41.9 Å². The quantitative estimate of drug-likeness (QED) is 0.758. The predicted octanol–water partition coefficient (Wildman–Crippen LogP) is 2.51. The molecule has 98 valence electrons. The molecule has 0 aromatic heterocycles. The van der Waals surface area contributed by atoms with Crippen LogP contribution in [0, 0.1) is 0 Å². The lowest BCUT2D eigenvalue weighted by Gasteiger charge is -2.19. The van der Waals surface area contributed by atoms with E-state index in [-0.39, 0.29) is 12.5 Å².